The van der Waals surface area contributed by atoms with Gasteiger partial charge in [-0.2, -0.15) is 0 Å². The molecule has 116 valence electrons. The minimum atomic E-state index is 0.0667. The van der Waals surface area contributed by atoms with Gasteiger partial charge in [0, 0.05) is 36.7 Å². The van der Waals surface area contributed by atoms with Crippen LogP contribution in [0.4, 0.5) is 0 Å². The standard InChI is InChI=1S/C17H26N2O2/c1-11(2)16(20)7-13-5-6-18-17(8-13)21-15-9-14(10-15)19-12(3)4/h5-6,8,11-12,14-15,19H,7,9-10H2,1-4H3. The third kappa shape index (κ3) is 4.81. The summed E-state index contributed by atoms with van der Waals surface area (Å²) in [6.07, 6.45) is 4.47. The number of nitrogens with zero attached hydrogens (tertiary/aromatic N) is 1. The molecule has 21 heavy (non-hydrogen) atoms. The zero-order valence-electron chi connectivity index (χ0n) is 13.4. The Morgan fingerprint density at radius 2 is 2.10 bits per heavy atom. The molecule has 0 aromatic carbocycles. The van der Waals surface area contributed by atoms with Crippen LogP contribution < -0.4 is 10.1 Å². The number of hydrogen-bond donors (Lipinski definition) is 1. The molecule has 2 rings (SSSR count). The third-order valence-corrected chi connectivity index (χ3v) is 3.77. The van der Waals surface area contributed by atoms with Gasteiger partial charge in [0.15, 0.2) is 0 Å². The number of carbonyl (C=O) groups is 1. The summed E-state index contributed by atoms with van der Waals surface area (Å²) >= 11 is 0. The number of Topliss-reactive ketones (excluding diaryl/α,β-unsaturated/α-hetero) is 1. The van der Waals surface area contributed by atoms with E-state index in [2.05, 4.69) is 24.1 Å². The van der Waals surface area contributed by atoms with E-state index < -0.39 is 0 Å². The van der Waals surface area contributed by atoms with Crippen LogP contribution in [0, 0.1) is 5.92 Å². The van der Waals surface area contributed by atoms with Crippen molar-refractivity contribution in [1.82, 2.24) is 10.3 Å². The molecule has 1 aliphatic carbocycles. The van der Waals surface area contributed by atoms with Crippen molar-refractivity contribution in [3.05, 3.63) is 23.9 Å². The minimum Gasteiger partial charge on any atom is -0.474 e. The van der Waals surface area contributed by atoms with Gasteiger partial charge in [-0.25, -0.2) is 4.98 Å². The van der Waals surface area contributed by atoms with Crippen LogP contribution >= 0.6 is 0 Å². The van der Waals surface area contributed by atoms with E-state index >= 15 is 0 Å². The first-order chi connectivity index (χ1) is 9.94. The molecule has 1 fully saturated rings. The van der Waals surface area contributed by atoms with E-state index in [1.165, 1.54) is 0 Å². The van der Waals surface area contributed by atoms with Crippen LogP contribution in [0.25, 0.3) is 0 Å². The highest BCUT2D eigenvalue weighted by atomic mass is 16.5. The molecule has 4 nitrogen and oxygen atoms in total. The Bertz CT molecular complexity index is 479. The molecule has 1 aromatic heterocycles. The van der Waals surface area contributed by atoms with E-state index in [-0.39, 0.29) is 17.8 Å². The number of aromatic nitrogens is 1. The van der Waals surface area contributed by atoms with Gasteiger partial charge in [0.05, 0.1) is 0 Å². The second-order valence-electron chi connectivity index (χ2n) is 6.53. The van der Waals surface area contributed by atoms with Gasteiger partial charge in [-0.1, -0.05) is 27.7 Å². The van der Waals surface area contributed by atoms with Crippen molar-refractivity contribution >= 4 is 5.78 Å². The van der Waals surface area contributed by atoms with Crippen LogP contribution in [0.1, 0.15) is 46.1 Å². The number of rotatable bonds is 7. The van der Waals surface area contributed by atoms with Gasteiger partial charge < -0.3 is 10.1 Å². The van der Waals surface area contributed by atoms with E-state index in [4.69, 9.17) is 4.74 Å². The summed E-state index contributed by atoms with van der Waals surface area (Å²) in [6, 6.07) is 4.85. The van der Waals surface area contributed by atoms with Crippen LogP contribution in [-0.2, 0) is 11.2 Å². The molecule has 0 spiro atoms. The molecular formula is C17H26N2O2. The van der Waals surface area contributed by atoms with Crippen LogP contribution in [0.3, 0.4) is 0 Å². The van der Waals surface area contributed by atoms with Gasteiger partial charge in [-0.05, 0) is 24.5 Å². The monoisotopic (exact) mass is 290 g/mol. The maximum absolute atomic E-state index is 11.8. The number of hydrogen-bond acceptors (Lipinski definition) is 4. The quantitative estimate of drug-likeness (QED) is 0.839. The van der Waals surface area contributed by atoms with Gasteiger partial charge in [-0.3, -0.25) is 4.79 Å². The Balaban J connectivity index is 1.84. The summed E-state index contributed by atoms with van der Waals surface area (Å²) < 4.78 is 5.88. The lowest BCUT2D eigenvalue weighted by atomic mass is 9.89. The zero-order valence-corrected chi connectivity index (χ0v) is 13.4. The van der Waals surface area contributed by atoms with Crippen LogP contribution in [0.15, 0.2) is 18.3 Å². The smallest absolute Gasteiger partial charge is 0.213 e. The first-order valence-electron chi connectivity index (χ1n) is 7.84. The predicted octanol–water partition coefficient (Wildman–Crippen LogP) is 2.76. The minimum absolute atomic E-state index is 0.0667. The van der Waals surface area contributed by atoms with Crippen molar-refractivity contribution < 1.29 is 9.53 Å². The Labute approximate surface area is 127 Å². The summed E-state index contributed by atoms with van der Waals surface area (Å²) in [5.74, 6) is 0.950. The summed E-state index contributed by atoms with van der Waals surface area (Å²) in [5, 5.41) is 3.50. The topological polar surface area (TPSA) is 51.2 Å². The predicted molar refractivity (Wildman–Crippen MR) is 83.5 cm³/mol. The molecule has 0 amide bonds. The van der Waals surface area contributed by atoms with Crippen molar-refractivity contribution in [3.8, 4) is 5.88 Å². The molecule has 1 heterocycles. The number of pyridine rings is 1. The summed E-state index contributed by atoms with van der Waals surface area (Å²) in [6.45, 7) is 8.17. The maximum Gasteiger partial charge on any atom is 0.213 e. The molecule has 1 saturated carbocycles. The number of nitrogens with one attached hydrogen (secondary N) is 1. The average molecular weight is 290 g/mol. The van der Waals surface area contributed by atoms with Gasteiger partial charge in [-0.15, -0.1) is 0 Å². The SMILES string of the molecule is CC(C)NC1CC(Oc2cc(CC(=O)C(C)C)ccn2)C1. The maximum atomic E-state index is 11.8. The summed E-state index contributed by atoms with van der Waals surface area (Å²) in [4.78, 5) is 16.0. The summed E-state index contributed by atoms with van der Waals surface area (Å²) in [5.41, 5.74) is 0.981. The fourth-order valence-corrected chi connectivity index (χ4v) is 2.47. The van der Waals surface area contributed by atoms with Gasteiger partial charge in [0.2, 0.25) is 5.88 Å². The molecule has 0 saturated heterocycles. The van der Waals surface area contributed by atoms with Crippen LogP contribution in [0.5, 0.6) is 5.88 Å². The molecule has 0 bridgehead atoms. The molecule has 0 unspecified atom stereocenters. The average Bonchev–Trinajstić information content (AvgIpc) is 2.36. The lowest BCUT2D eigenvalue weighted by Gasteiger charge is -2.36. The lowest BCUT2D eigenvalue weighted by Crippen LogP contribution is -2.49. The third-order valence-electron chi connectivity index (χ3n) is 3.77. The van der Waals surface area contributed by atoms with E-state index in [1.807, 2.05) is 26.0 Å². The molecule has 4 heteroatoms. The fraction of sp³-hybridized carbons (Fsp3) is 0.647. The number of carbonyl (C=O) groups excluding carboxylic acids is 1. The highest BCUT2D eigenvalue weighted by molar-refractivity contribution is 5.82. The Hall–Kier alpha value is -1.42. The second kappa shape index (κ2) is 7.03. The Morgan fingerprint density at radius 3 is 2.71 bits per heavy atom. The Morgan fingerprint density at radius 1 is 1.38 bits per heavy atom. The van der Waals surface area contributed by atoms with Gasteiger partial charge in [0.1, 0.15) is 11.9 Å². The molecule has 1 N–H and O–H groups in total. The highest BCUT2D eigenvalue weighted by Gasteiger charge is 2.31. The van der Waals surface area contributed by atoms with Crippen molar-refractivity contribution in [3.63, 3.8) is 0 Å². The summed E-state index contributed by atoms with van der Waals surface area (Å²) in [7, 11) is 0. The van der Waals surface area contributed by atoms with E-state index in [0.29, 0.717) is 24.4 Å². The normalized spacial score (nSPS) is 21.4. The van der Waals surface area contributed by atoms with Gasteiger partial charge in [0.25, 0.3) is 0 Å². The molecule has 0 radical (unpaired) electrons. The highest BCUT2D eigenvalue weighted by Crippen LogP contribution is 2.25. The first-order valence-corrected chi connectivity index (χ1v) is 7.84. The lowest BCUT2D eigenvalue weighted by molar-refractivity contribution is -0.121. The van der Waals surface area contributed by atoms with E-state index in [0.717, 1.165) is 18.4 Å². The van der Waals surface area contributed by atoms with E-state index in [1.54, 1.807) is 6.20 Å². The second-order valence-corrected chi connectivity index (χ2v) is 6.53. The Kier molecular flexibility index (Phi) is 5.34. The van der Waals surface area contributed by atoms with Crippen molar-refractivity contribution in [2.45, 2.75) is 65.1 Å². The first kappa shape index (κ1) is 16.0. The largest absolute Gasteiger partial charge is 0.474 e. The van der Waals surface area contributed by atoms with Crippen LogP contribution in [-0.4, -0.2) is 29.0 Å². The van der Waals surface area contributed by atoms with Crippen LogP contribution in [0.2, 0.25) is 0 Å². The zero-order chi connectivity index (χ0) is 15.4. The van der Waals surface area contributed by atoms with Gasteiger partial charge >= 0.3 is 0 Å². The van der Waals surface area contributed by atoms with Crippen molar-refractivity contribution in [1.29, 1.82) is 0 Å². The van der Waals surface area contributed by atoms with E-state index in [9.17, 15) is 4.79 Å². The molecular weight excluding hydrogens is 264 g/mol. The molecule has 1 aromatic rings. The van der Waals surface area contributed by atoms with Crippen molar-refractivity contribution in [2.75, 3.05) is 0 Å². The number of ether oxygens (including phenoxy) is 1. The molecule has 0 aliphatic heterocycles. The number of ketones is 1. The fourth-order valence-electron chi connectivity index (χ4n) is 2.47. The molecule has 0 atom stereocenters. The van der Waals surface area contributed by atoms with Crippen molar-refractivity contribution in [2.24, 2.45) is 5.92 Å². The molecule has 1 aliphatic rings.